The van der Waals surface area contributed by atoms with Gasteiger partial charge >= 0.3 is 0 Å². The second-order valence-electron chi connectivity index (χ2n) is 7.13. The van der Waals surface area contributed by atoms with Crippen LogP contribution in [0.25, 0.3) is 21.3 Å². The number of carbonyl (C=O) groups excluding carboxylic acids is 1. The zero-order chi connectivity index (χ0) is 18.2. The summed E-state index contributed by atoms with van der Waals surface area (Å²) in [6, 6.07) is 13.8. The van der Waals surface area contributed by atoms with Gasteiger partial charge in [0.1, 0.15) is 11.3 Å². The number of hydrogen-bond donors (Lipinski definition) is 2. The van der Waals surface area contributed by atoms with Gasteiger partial charge in [-0.1, -0.05) is 23.0 Å². The van der Waals surface area contributed by atoms with Crippen molar-refractivity contribution in [3.63, 3.8) is 0 Å². The standard InChI is InChI=1S/C20H19N5OS/c26-20(13-8-9-18-17(11-13)24-25-27-18)21-14-5-3-4-12(10-14)19-22-15-6-1-2-7-16(15)23-19/h1-2,6-9,11-12,14H,3-5,10H2,(H,21,26)(H,22,23). The van der Waals surface area contributed by atoms with Crippen molar-refractivity contribution in [3.05, 3.63) is 53.9 Å². The first-order chi connectivity index (χ1) is 13.3. The predicted molar refractivity (Wildman–Crippen MR) is 106 cm³/mol. The Balaban J connectivity index is 1.31. The third-order valence-corrected chi connectivity index (χ3v) is 6.02. The number of para-hydroxylation sites is 2. The predicted octanol–water partition coefficient (Wildman–Crippen LogP) is 4.02. The molecule has 2 atom stereocenters. The van der Waals surface area contributed by atoms with E-state index in [0.717, 1.165) is 52.8 Å². The normalized spacial score (nSPS) is 20.1. The monoisotopic (exact) mass is 377 g/mol. The van der Waals surface area contributed by atoms with Crippen LogP contribution < -0.4 is 5.32 Å². The highest BCUT2D eigenvalue weighted by atomic mass is 32.1. The molecule has 136 valence electrons. The van der Waals surface area contributed by atoms with E-state index >= 15 is 0 Å². The van der Waals surface area contributed by atoms with Crippen molar-refractivity contribution in [1.29, 1.82) is 0 Å². The number of amides is 1. The molecule has 0 radical (unpaired) electrons. The first-order valence-corrected chi connectivity index (χ1v) is 10.0. The summed E-state index contributed by atoms with van der Waals surface area (Å²) < 4.78 is 4.92. The lowest BCUT2D eigenvalue weighted by atomic mass is 9.85. The number of imidazole rings is 1. The van der Waals surface area contributed by atoms with Gasteiger partial charge in [-0.25, -0.2) is 4.98 Å². The second kappa shape index (κ2) is 6.74. The maximum Gasteiger partial charge on any atom is 0.251 e. The molecule has 2 aromatic heterocycles. The smallest absolute Gasteiger partial charge is 0.251 e. The molecule has 1 aliphatic carbocycles. The maximum atomic E-state index is 12.7. The van der Waals surface area contributed by atoms with Gasteiger partial charge < -0.3 is 10.3 Å². The number of H-pyrrole nitrogens is 1. The first-order valence-electron chi connectivity index (χ1n) is 9.24. The van der Waals surface area contributed by atoms with Crippen LogP contribution in [-0.2, 0) is 0 Å². The number of carbonyl (C=O) groups is 1. The van der Waals surface area contributed by atoms with Crippen molar-refractivity contribution in [2.75, 3.05) is 0 Å². The molecule has 5 rings (SSSR count). The SMILES string of the molecule is O=C(NC1CCCC(c2nc3ccccc3[nH]2)C1)c1ccc2snnc2c1. The molecule has 1 aliphatic rings. The summed E-state index contributed by atoms with van der Waals surface area (Å²) in [5.41, 5.74) is 3.49. The van der Waals surface area contributed by atoms with E-state index in [9.17, 15) is 4.79 Å². The third-order valence-electron chi connectivity index (χ3n) is 5.31. The Morgan fingerprint density at radius 2 is 2.07 bits per heavy atom. The molecule has 0 spiro atoms. The van der Waals surface area contributed by atoms with E-state index in [1.165, 1.54) is 11.5 Å². The van der Waals surface area contributed by atoms with Crippen molar-refractivity contribution in [1.82, 2.24) is 24.9 Å². The molecule has 6 nitrogen and oxygen atoms in total. The molecular formula is C20H19N5OS. The molecule has 4 aromatic rings. The number of nitrogens with zero attached hydrogens (tertiary/aromatic N) is 3. The Hall–Kier alpha value is -2.80. The Bertz CT molecular complexity index is 1080. The van der Waals surface area contributed by atoms with Crippen LogP contribution >= 0.6 is 11.5 Å². The van der Waals surface area contributed by atoms with Gasteiger partial charge in [-0.3, -0.25) is 4.79 Å². The van der Waals surface area contributed by atoms with Crippen LogP contribution in [-0.4, -0.2) is 31.5 Å². The minimum Gasteiger partial charge on any atom is -0.349 e. The summed E-state index contributed by atoms with van der Waals surface area (Å²) >= 11 is 1.34. The Morgan fingerprint density at radius 1 is 1.15 bits per heavy atom. The highest BCUT2D eigenvalue weighted by Crippen LogP contribution is 2.32. The number of aromatic nitrogens is 4. The minimum absolute atomic E-state index is 0.0415. The molecule has 1 saturated carbocycles. The van der Waals surface area contributed by atoms with Gasteiger partial charge in [0.2, 0.25) is 0 Å². The molecular weight excluding hydrogens is 358 g/mol. The number of benzene rings is 2. The van der Waals surface area contributed by atoms with Crippen molar-refractivity contribution in [2.45, 2.75) is 37.6 Å². The topological polar surface area (TPSA) is 83.6 Å². The minimum atomic E-state index is -0.0415. The van der Waals surface area contributed by atoms with Crippen LogP contribution in [0.2, 0.25) is 0 Å². The maximum absolute atomic E-state index is 12.7. The van der Waals surface area contributed by atoms with Crippen LogP contribution in [0, 0.1) is 0 Å². The van der Waals surface area contributed by atoms with Crippen LogP contribution in [0.15, 0.2) is 42.5 Å². The zero-order valence-corrected chi connectivity index (χ0v) is 15.5. The summed E-state index contributed by atoms with van der Waals surface area (Å²) in [4.78, 5) is 20.9. The van der Waals surface area contributed by atoms with Crippen molar-refractivity contribution >= 4 is 38.7 Å². The van der Waals surface area contributed by atoms with E-state index in [0.29, 0.717) is 11.5 Å². The van der Waals surface area contributed by atoms with Crippen molar-refractivity contribution < 1.29 is 4.79 Å². The Labute approximate surface area is 160 Å². The fraction of sp³-hybridized carbons (Fsp3) is 0.300. The van der Waals surface area contributed by atoms with E-state index in [4.69, 9.17) is 4.98 Å². The molecule has 2 unspecified atom stereocenters. The van der Waals surface area contributed by atoms with Crippen molar-refractivity contribution in [3.8, 4) is 0 Å². The molecule has 27 heavy (non-hydrogen) atoms. The fourth-order valence-corrected chi connectivity index (χ4v) is 4.47. The molecule has 2 aromatic carbocycles. The van der Waals surface area contributed by atoms with E-state index < -0.39 is 0 Å². The molecule has 1 amide bonds. The third kappa shape index (κ3) is 3.19. The Kier molecular flexibility index (Phi) is 4.09. The number of nitrogens with one attached hydrogen (secondary N) is 2. The van der Waals surface area contributed by atoms with E-state index in [1.807, 2.05) is 36.4 Å². The van der Waals surface area contributed by atoms with E-state index in [2.05, 4.69) is 26.0 Å². The average molecular weight is 377 g/mol. The zero-order valence-electron chi connectivity index (χ0n) is 14.7. The van der Waals surface area contributed by atoms with Gasteiger partial charge in [-0.15, -0.1) is 5.10 Å². The number of aromatic amines is 1. The molecule has 7 heteroatoms. The first kappa shape index (κ1) is 16.4. The van der Waals surface area contributed by atoms with Gasteiger partial charge in [0, 0.05) is 17.5 Å². The van der Waals surface area contributed by atoms with Crippen molar-refractivity contribution in [2.24, 2.45) is 0 Å². The molecule has 0 bridgehead atoms. The molecule has 2 heterocycles. The summed E-state index contributed by atoms with van der Waals surface area (Å²) in [7, 11) is 0. The lowest BCUT2D eigenvalue weighted by Crippen LogP contribution is -2.38. The Morgan fingerprint density at radius 3 is 3.00 bits per heavy atom. The number of rotatable bonds is 3. The van der Waals surface area contributed by atoms with Gasteiger partial charge in [0.25, 0.3) is 5.91 Å². The fourth-order valence-electron chi connectivity index (χ4n) is 3.93. The van der Waals surface area contributed by atoms with Crippen LogP contribution in [0.5, 0.6) is 0 Å². The molecule has 0 saturated heterocycles. The largest absolute Gasteiger partial charge is 0.349 e. The van der Waals surface area contributed by atoms with Crippen LogP contribution in [0.4, 0.5) is 0 Å². The second-order valence-corrected chi connectivity index (χ2v) is 7.91. The quantitative estimate of drug-likeness (QED) is 0.565. The number of hydrogen-bond acceptors (Lipinski definition) is 5. The van der Waals surface area contributed by atoms with Gasteiger partial charge in [-0.05, 0) is 61.1 Å². The average Bonchev–Trinajstić information content (AvgIpc) is 3.34. The summed E-state index contributed by atoms with van der Waals surface area (Å²) in [5.74, 6) is 1.34. The van der Waals surface area contributed by atoms with Crippen LogP contribution in [0.3, 0.4) is 0 Å². The molecule has 1 fully saturated rings. The summed E-state index contributed by atoms with van der Waals surface area (Å²) in [6.45, 7) is 0. The summed E-state index contributed by atoms with van der Waals surface area (Å²) in [5, 5.41) is 7.26. The van der Waals surface area contributed by atoms with E-state index in [1.54, 1.807) is 0 Å². The van der Waals surface area contributed by atoms with Gasteiger partial charge in [0.05, 0.1) is 15.7 Å². The molecule has 2 N–H and O–H groups in total. The summed E-state index contributed by atoms with van der Waals surface area (Å²) in [6.07, 6.45) is 4.10. The van der Waals surface area contributed by atoms with Gasteiger partial charge in [0.15, 0.2) is 0 Å². The molecule has 0 aliphatic heterocycles. The highest BCUT2D eigenvalue weighted by molar-refractivity contribution is 7.12. The number of fused-ring (bicyclic) bond motifs is 2. The lowest BCUT2D eigenvalue weighted by Gasteiger charge is -2.28. The highest BCUT2D eigenvalue weighted by Gasteiger charge is 2.26. The van der Waals surface area contributed by atoms with E-state index in [-0.39, 0.29) is 11.9 Å². The lowest BCUT2D eigenvalue weighted by molar-refractivity contribution is 0.0925. The van der Waals surface area contributed by atoms with Gasteiger partial charge in [-0.2, -0.15) is 0 Å². The van der Waals surface area contributed by atoms with Crippen LogP contribution in [0.1, 0.15) is 47.8 Å².